The molecule has 1 aromatic heterocycles. The van der Waals surface area contributed by atoms with Crippen LogP contribution in [0, 0.1) is 5.82 Å². The third-order valence-corrected chi connectivity index (χ3v) is 5.74. The van der Waals surface area contributed by atoms with E-state index in [1.807, 2.05) is 17.0 Å². The van der Waals surface area contributed by atoms with E-state index in [2.05, 4.69) is 15.1 Å². The number of nitrogens with one attached hydrogen (secondary N) is 1. The Kier molecular flexibility index (Phi) is 5.85. The van der Waals surface area contributed by atoms with Crippen molar-refractivity contribution >= 4 is 29.1 Å². The van der Waals surface area contributed by atoms with Crippen molar-refractivity contribution in [3.05, 3.63) is 75.7 Å². The average molecular weight is 433 g/mol. The molecule has 1 saturated heterocycles. The van der Waals surface area contributed by atoms with Crippen molar-refractivity contribution in [3.8, 4) is 11.3 Å². The van der Waals surface area contributed by atoms with E-state index in [1.54, 1.807) is 24.3 Å². The lowest BCUT2D eigenvalue weighted by molar-refractivity contribution is 0.0622. The Morgan fingerprint density at radius 1 is 1.00 bits per heavy atom. The van der Waals surface area contributed by atoms with Gasteiger partial charge in [0.1, 0.15) is 11.5 Å². The highest BCUT2D eigenvalue weighted by molar-refractivity contribution is 6.42. The van der Waals surface area contributed by atoms with Crippen molar-refractivity contribution < 1.29 is 9.18 Å². The number of aromatic nitrogens is 2. The fraction of sp³-hybridized carbons (Fsp3) is 0.238. The minimum Gasteiger partial charge on any atom is -0.335 e. The molecule has 29 heavy (non-hydrogen) atoms. The molecule has 0 aliphatic carbocycles. The number of hydrogen-bond acceptors (Lipinski definition) is 3. The zero-order valence-electron chi connectivity index (χ0n) is 15.5. The molecule has 150 valence electrons. The van der Waals surface area contributed by atoms with E-state index < -0.39 is 0 Å². The standard InChI is InChI=1S/C21H19Cl2FN4O/c22-17-6-1-14(11-18(17)23)13-27-7-9-28(10-8-27)21(29)20-12-19(25-26-20)15-2-4-16(24)5-3-15/h1-6,11-12H,7-10,13H2,(H,25,26). The quantitative estimate of drug-likeness (QED) is 0.660. The van der Waals surface area contributed by atoms with Gasteiger partial charge in [-0.2, -0.15) is 5.10 Å². The topological polar surface area (TPSA) is 52.2 Å². The van der Waals surface area contributed by atoms with E-state index in [0.717, 1.165) is 30.8 Å². The van der Waals surface area contributed by atoms with Gasteiger partial charge in [0, 0.05) is 38.3 Å². The van der Waals surface area contributed by atoms with E-state index in [0.29, 0.717) is 34.5 Å². The molecule has 1 aliphatic heterocycles. The lowest BCUT2D eigenvalue weighted by Gasteiger charge is -2.34. The number of amides is 1. The number of halogens is 3. The van der Waals surface area contributed by atoms with E-state index in [-0.39, 0.29) is 11.7 Å². The Morgan fingerprint density at radius 2 is 1.72 bits per heavy atom. The number of rotatable bonds is 4. The summed E-state index contributed by atoms with van der Waals surface area (Å²) in [4.78, 5) is 16.9. The van der Waals surface area contributed by atoms with Crippen LogP contribution in [0.2, 0.25) is 10.0 Å². The van der Waals surface area contributed by atoms with Gasteiger partial charge in [-0.25, -0.2) is 4.39 Å². The fourth-order valence-electron chi connectivity index (χ4n) is 3.38. The molecule has 0 atom stereocenters. The second-order valence-corrected chi connectivity index (χ2v) is 7.80. The number of hydrogen-bond donors (Lipinski definition) is 1. The van der Waals surface area contributed by atoms with Crippen LogP contribution >= 0.6 is 23.2 Å². The van der Waals surface area contributed by atoms with Crippen LogP contribution in [0.25, 0.3) is 11.3 Å². The van der Waals surface area contributed by atoms with E-state index in [4.69, 9.17) is 23.2 Å². The van der Waals surface area contributed by atoms with Crippen LogP contribution in [0.5, 0.6) is 0 Å². The van der Waals surface area contributed by atoms with Gasteiger partial charge in [-0.1, -0.05) is 29.3 Å². The Balaban J connectivity index is 1.35. The first-order chi connectivity index (χ1) is 14.0. The second kappa shape index (κ2) is 8.53. The Morgan fingerprint density at radius 3 is 2.41 bits per heavy atom. The molecule has 1 aliphatic rings. The van der Waals surface area contributed by atoms with Crippen molar-refractivity contribution in [3.63, 3.8) is 0 Å². The molecule has 3 aromatic rings. The first kappa shape index (κ1) is 19.9. The van der Waals surface area contributed by atoms with Crippen molar-refractivity contribution in [1.29, 1.82) is 0 Å². The minimum absolute atomic E-state index is 0.0833. The third-order valence-electron chi connectivity index (χ3n) is 5.00. The maximum absolute atomic E-state index is 13.1. The van der Waals surface area contributed by atoms with Gasteiger partial charge in [0.15, 0.2) is 0 Å². The predicted molar refractivity (Wildman–Crippen MR) is 112 cm³/mol. The first-order valence-corrected chi connectivity index (χ1v) is 10.0. The van der Waals surface area contributed by atoms with Crippen molar-refractivity contribution in [2.75, 3.05) is 26.2 Å². The van der Waals surface area contributed by atoms with Crippen LogP contribution in [0.15, 0.2) is 48.5 Å². The van der Waals surface area contributed by atoms with Crippen LogP contribution < -0.4 is 0 Å². The Bertz CT molecular complexity index is 1010. The lowest BCUT2D eigenvalue weighted by atomic mass is 10.1. The summed E-state index contributed by atoms with van der Waals surface area (Å²) in [6.07, 6.45) is 0. The Labute approximate surface area is 178 Å². The lowest BCUT2D eigenvalue weighted by Crippen LogP contribution is -2.48. The summed E-state index contributed by atoms with van der Waals surface area (Å²) < 4.78 is 13.1. The summed E-state index contributed by atoms with van der Waals surface area (Å²) in [7, 11) is 0. The summed E-state index contributed by atoms with van der Waals surface area (Å²) in [5.41, 5.74) is 2.90. The van der Waals surface area contributed by atoms with E-state index >= 15 is 0 Å². The first-order valence-electron chi connectivity index (χ1n) is 9.26. The molecule has 0 unspecified atom stereocenters. The number of carbonyl (C=O) groups is 1. The van der Waals surface area contributed by atoms with Gasteiger partial charge < -0.3 is 4.90 Å². The van der Waals surface area contributed by atoms with Crippen LogP contribution in [0.1, 0.15) is 16.1 Å². The molecule has 1 amide bonds. The number of nitrogens with zero attached hydrogens (tertiary/aromatic N) is 3. The average Bonchev–Trinajstić information content (AvgIpc) is 3.21. The summed E-state index contributed by atoms with van der Waals surface area (Å²) in [6.45, 7) is 3.56. The van der Waals surface area contributed by atoms with Crippen LogP contribution in [-0.4, -0.2) is 52.1 Å². The van der Waals surface area contributed by atoms with Crippen LogP contribution in [-0.2, 0) is 6.54 Å². The highest BCUT2D eigenvalue weighted by Gasteiger charge is 2.23. The zero-order chi connectivity index (χ0) is 20.4. The van der Waals surface area contributed by atoms with Gasteiger partial charge in [0.05, 0.1) is 15.7 Å². The molecule has 8 heteroatoms. The molecule has 0 spiro atoms. The van der Waals surface area contributed by atoms with E-state index in [1.165, 1.54) is 12.1 Å². The highest BCUT2D eigenvalue weighted by atomic mass is 35.5. The highest BCUT2D eigenvalue weighted by Crippen LogP contribution is 2.24. The summed E-state index contributed by atoms with van der Waals surface area (Å²) >= 11 is 12.1. The largest absolute Gasteiger partial charge is 0.335 e. The minimum atomic E-state index is -0.306. The molecule has 0 saturated carbocycles. The van der Waals surface area contributed by atoms with Gasteiger partial charge in [0.2, 0.25) is 0 Å². The normalized spacial score (nSPS) is 14.9. The molecule has 5 nitrogen and oxygen atoms in total. The van der Waals surface area contributed by atoms with Crippen molar-refractivity contribution in [2.24, 2.45) is 0 Å². The zero-order valence-corrected chi connectivity index (χ0v) is 17.0. The maximum atomic E-state index is 13.1. The van der Waals surface area contributed by atoms with Gasteiger partial charge in [-0.05, 0) is 48.0 Å². The van der Waals surface area contributed by atoms with Crippen molar-refractivity contribution in [2.45, 2.75) is 6.54 Å². The third kappa shape index (κ3) is 4.61. The van der Waals surface area contributed by atoms with Gasteiger partial charge in [-0.15, -0.1) is 0 Å². The molecule has 4 rings (SSSR count). The molecular weight excluding hydrogens is 414 g/mol. The molecule has 1 fully saturated rings. The number of aromatic amines is 1. The number of benzene rings is 2. The molecular formula is C21H19Cl2FN4O. The Hall–Kier alpha value is -2.41. The van der Waals surface area contributed by atoms with Crippen LogP contribution in [0.4, 0.5) is 4.39 Å². The number of H-pyrrole nitrogens is 1. The van der Waals surface area contributed by atoms with Gasteiger partial charge in [-0.3, -0.25) is 14.8 Å². The monoisotopic (exact) mass is 432 g/mol. The fourth-order valence-corrected chi connectivity index (χ4v) is 3.70. The molecule has 0 bridgehead atoms. The SMILES string of the molecule is O=C(c1cc(-c2ccc(F)cc2)n[nH]1)N1CCN(Cc2ccc(Cl)c(Cl)c2)CC1. The second-order valence-electron chi connectivity index (χ2n) is 6.99. The molecule has 2 aromatic carbocycles. The van der Waals surface area contributed by atoms with Crippen LogP contribution in [0.3, 0.4) is 0 Å². The molecule has 2 heterocycles. The smallest absolute Gasteiger partial charge is 0.271 e. The summed E-state index contributed by atoms with van der Waals surface area (Å²) in [5.74, 6) is -0.389. The van der Waals surface area contributed by atoms with Crippen molar-refractivity contribution in [1.82, 2.24) is 20.0 Å². The number of carbonyl (C=O) groups excluding carboxylic acids is 1. The number of piperazine rings is 1. The summed E-state index contributed by atoms with van der Waals surface area (Å²) in [6, 6.07) is 13.4. The van der Waals surface area contributed by atoms with E-state index in [9.17, 15) is 9.18 Å². The maximum Gasteiger partial charge on any atom is 0.271 e. The van der Waals surface area contributed by atoms with Gasteiger partial charge in [0.25, 0.3) is 5.91 Å². The molecule has 0 radical (unpaired) electrons. The van der Waals surface area contributed by atoms with Gasteiger partial charge >= 0.3 is 0 Å². The predicted octanol–water partition coefficient (Wildman–Crippen LogP) is 4.48. The molecule has 1 N–H and O–H groups in total. The summed E-state index contributed by atoms with van der Waals surface area (Å²) in [5, 5.41) is 8.09.